The number of unbranched alkanes of at least 4 members (excludes halogenated alkanes) is 1. The Hall–Kier alpha value is -1.11. The van der Waals surface area contributed by atoms with E-state index in [1.165, 1.54) is 19.3 Å². The molecule has 3 aliphatic rings. The van der Waals surface area contributed by atoms with Crippen molar-refractivity contribution in [3.63, 3.8) is 0 Å². The molecule has 3 rings (SSSR count). The molecule has 2 aliphatic heterocycles. The molecular weight excluding hydrogens is 310 g/mol. The second-order valence-electron chi connectivity index (χ2n) is 6.87. The lowest BCUT2D eigenvalue weighted by Crippen LogP contribution is -2.43. The van der Waals surface area contributed by atoms with Crippen molar-refractivity contribution >= 4 is 5.91 Å². The molecule has 0 aromatic carbocycles. The molecule has 1 N–H and O–H groups in total. The summed E-state index contributed by atoms with van der Waals surface area (Å²) in [7, 11) is 0. The van der Waals surface area contributed by atoms with Crippen LogP contribution in [0.4, 0.5) is 0 Å². The average molecular weight is 339 g/mol. The van der Waals surface area contributed by atoms with Crippen LogP contribution in [0.5, 0.6) is 0 Å². The number of allylic oxidation sites excluding steroid dienone is 1. The number of morpholine rings is 1. The van der Waals surface area contributed by atoms with Gasteiger partial charge in [0.05, 0.1) is 19.8 Å². The van der Waals surface area contributed by atoms with Crippen LogP contribution in [0.25, 0.3) is 0 Å². The van der Waals surface area contributed by atoms with Gasteiger partial charge in [-0.25, -0.2) is 0 Å². The van der Waals surface area contributed by atoms with E-state index >= 15 is 0 Å². The van der Waals surface area contributed by atoms with Crippen LogP contribution < -0.4 is 0 Å². The van der Waals surface area contributed by atoms with Crippen LogP contribution in [0, 0.1) is 11.8 Å². The van der Waals surface area contributed by atoms with Crippen molar-refractivity contribution in [2.45, 2.75) is 44.8 Å². The fourth-order valence-electron chi connectivity index (χ4n) is 3.48. The highest BCUT2D eigenvalue weighted by Crippen LogP contribution is 2.40. The zero-order chi connectivity index (χ0) is 16.8. The lowest BCUT2D eigenvalue weighted by molar-refractivity contribution is -0.160. The average Bonchev–Trinajstić information content (AvgIpc) is 2.57. The van der Waals surface area contributed by atoms with Gasteiger partial charge in [0, 0.05) is 26.1 Å². The summed E-state index contributed by atoms with van der Waals surface area (Å²) in [5.41, 5.74) is 0. The fourth-order valence-corrected chi connectivity index (χ4v) is 3.48. The normalized spacial score (nSPS) is 28.0. The molecule has 2 fully saturated rings. The standard InChI is InChI=1S/C18H29NO5/c20-8-1-2-9-23-17-13-15(14-4-3-5-14)12-16(24-17)18(21)19-6-10-22-11-7-19/h12,14-15,17,20H,1-11,13H2/t15-,17+/m1/s1. The monoisotopic (exact) mass is 339 g/mol. The quantitative estimate of drug-likeness (QED) is 0.715. The summed E-state index contributed by atoms with van der Waals surface area (Å²) >= 11 is 0. The van der Waals surface area contributed by atoms with Gasteiger partial charge in [-0.3, -0.25) is 4.79 Å². The number of nitrogens with zero attached hydrogens (tertiary/aromatic N) is 1. The highest BCUT2D eigenvalue weighted by atomic mass is 16.7. The Morgan fingerprint density at radius 1 is 1.29 bits per heavy atom. The second-order valence-corrected chi connectivity index (χ2v) is 6.87. The molecule has 1 saturated carbocycles. The third-order valence-corrected chi connectivity index (χ3v) is 5.21. The minimum atomic E-state index is -0.348. The molecule has 0 unspecified atom stereocenters. The third kappa shape index (κ3) is 4.49. The Morgan fingerprint density at radius 2 is 2.08 bits per heavy atom. The molecule has 24 heavy (non-hydrogen) atoms. The lowest BCUT2D eigenvalue weighted by atomic mass is 9.73. The Morgan fingerprint density at radius 3 is 2.75 bits per heavy atom. The number of carbonyl (C=O) groups excluding carboxylic acids is 1. The molecule has 0 radical (unpaired) electrons. The van der Waals surface area contributed by atoms with Gasteiger partial charge in [0.2, 0.25) is 6.29 Å². The number of hydrogen-bond donors (Lipinski definition) is 1. The summed E-state index contributed by atoms with van der Waals surface area (Å²) in [5.74, 6) is 1.44. The van der Waals surface area contributed by atoms with Gasteiger partial charge in [-0.1, -0.05) is 6.42 Å². The maximum absolute atomic E-state index is 12.7. The van der Waals surface area contributed by atoms with Crippen molar-refractivity contribution < 1.29 is 24.1 Å². The van der Waals surface area contributed by atoms with Crippen LogP contribution in [0.2, 0.25) is 0 Å². The van der Waals surface area contributed by atoms with Crippen LogP contribution in [0.15, 0.2) is 11.8 Å². The molecule has 1 amide bonds. The van der Waals surface area contributed by atoms with E-state index in [1.807, 2.05) is 6.08 Å². The zero-order valence-electron chi connectivity index (χ0n) is 14.3. The summed E-state index contributed by atoms with van der Waals surface area (Å²) < 4.78 is 17.0. The van der Waals surface area contributed by atoms with Crippen LogP contribution in [-0.4, -0.2) is 61.7 Å². The van der Waals surface area contributed by atoms with E-state index in [0.29, 0.717) is 50.5 Å². The SMILES string of the molecule is O=C(C1=C[C@@H](C2CCC2)C[C@@H](OCCCCO)O1)N1CCOCC1. The Kier molecular flexibility index (Phi) is 6.51. The van der Waals surface area contributed by atoms with Crippen molar-refractivity contribution in [2.75, 3.05) is 39.5 Å². The van der Waals surface area contributed by atoms with Gasteiger partial charge in [-0.2, -0.15) is 0 Å². The lowest BCUT2D eigenvalue weighted by Gasteiger charge is -2.38. The summed E-state index contributed by atoms with van der Waals surface area (Å²) in [4.78, 5) is 14.5. The number of aliphatic hydroxyl groups excluding tert-OH is 1. The van der Waals surface area contributed by atoms with Gasteiger partial charge in [-0.05, 0) is 43.6 Å². The number of amides is 1. The smallest absolute Gasteiger partial charge is 0.288 e. The number of carbonyl (C=O) groups is 1. The number of hydrogen-bond acceptors (Lipinski definition) is 5. The van der Waals surface area contributed by atoms with Gasteiger partial charge in [0.25, 0.3) is 5.91 Å². The largest absolute Gasteiger partial charge is 0.459 e. The van der Waals surface area contributed by atoms with E-state index < -0.39 is 0 Å². The van der Waals surface area contributed by atoms with E-state index in [9.17, 15) is 4.79 Å². The predicted octanol–water partition coefficient (Wildman–Crippen LogP) is 1.68. The first-order chi connectivity index (χ1) is 11.8. The first-order valence-electron chi connectivity index (χ1n) is 9.26. The molecule has 2 atom stereocenters. The van der Waals surface area contributed by atoms with Crippen LogP contribution in [0.1, 0.15) is 38.5 Å². The molecule has 6 nitrogen and oxygen atoms in total. The molecule has 0 aromatic rings. The molecule has 0 spiro atoms. The van der Waals surface area contributed by atoms with Gasteiger partial charge in [0.1, 0.15) is 0 Å². The number of rotatable bonds is 7. The van der Waals surface area contributed by atoms with Gasteiger partial charge in [-0.15, -0.1) is 0 Å². The van der Waals surface area contributed by atoms with Crippen LogP contribution in [-0.2, 0) is 19.0 Å². The van der Waals surface area contributed by atoms with Crippen LogP contribution in [0.3, 0.4) is 0 Å². The minimum absolute atomic E-state index is 0.0359. The molecule has 0 bridgehead atoms. The highest BCUT2D eigenvalue weighted by Gasteiger charge is 2.35. The molecule has 0 aromatic heterocycles. The molecular formula is C18H29NO5. The highest BCUT2D eigenvalue weighted by molar-refractivity contribution is 5.91. The maximum Gasteiger partial charge on any atom is 0.288 e. The molecule has 136 valence electrons. The third-order valence-electron chi connectivity index (χ3n) is 5.21. The van der Waals surface area contributed by atoms with Crippen molar-refractivity contribution in [2.24, 2.45) is 11.8 Å². The topological polar surface area (TPSA) is 68.2 Å². The summed E-state index contributed by atoms with van der Waals surface area (Å²) in [5, 5.41) is 8.86. The van der Waals surface area contributed by atoms with E-state index in [4.69, 9.17) is 19.3 Å². The minimum Gasteiger partial charge on any atom is -0.459 e. The van der Waals surface area contributed by atoms with E-state index in [-0.39, 0.29) is 18.8 Å². The molecule has 1 aliphatic carbocycles. The zero-order valence-corrected chi connectivity index (χ0v) is 14.3. The second kappa shape index (κ2) is 8.83. The van der Waals surface area contributed by atoms with Crippen molar-refractivity contribution in [1.82, 2.24) is 4.90 Å². The molecule has 6 heteroatoms. The van der Waals surface area contributed by atoms with Crippen molar-refractivity contribution in [1.29, 1.82) is 0 Å². The number of ether oxygens (including phenoxy) is 3. The summed E-state index contributed by atoms with van der Waals surface area (Å²) in [6.07, 6.45) is 7.80. The first kappa shape index (κ1) is 17.7. The molecule has 1 saturated heterocycles. The summed E-state index contributed by atoms with van der Waals surface area (Å²) in [6.45, 7) is 3.16. The Labute approximate surface area is 143 Å². The van der Waals surface area contributed by atoms with E-state index in [0.717, 1.165) is 19.3 Å². The fraction of sp³-hybridized carbons (Fsp3) is 0.833. The number of aliphatic hydroxyl groups is 1. The van der Waals surface area contributed by atoms with Gasteiger partial charge in [0.15, 0.2) is 5.76 Å². The Bertz CT molecular complexity index is 443. The summed E-state index contributed by atoms with van der Waals surface area (Å²) in [6, 6.07) is 0. The van der Waals surface area contributed by atoms with Gasteiger partial charge < -0.3 is 24.2 Å². The van der Waals surface area contributed by atoms with Crippen molar-refractivity contribution in [3.05, 3.63) is 11.8 Å². The molecule has 2 heterocycles. The van der Waals surface area contributed by atoms with Crippen LogP contribution >= 0.6 is 0 Å². The Balaban J connectivity index is 1.61. The predicted molar refractivity (Wildman–Crippen MR) is 88.1 cm³/mol. The van der Waals surface area contributed by atoms with Crippen molar-refractivity contribution in [3.8, 4) is 0 Å². The maximum atomic E-state index is 12.7. The van der Waals surface area contributed by atoms with E-state index in [2.05, 4.69) is 0 Å². The van der Waals surface area contributed by atoms with Gasteiger partial charge >= 0.3 is 0 Å². The van der Waals surface area contributed by atoms with E-state index in [1.54, 1.807) is 4.90 Å². The first-order valence-corrected chi connectivity index (χ1v) is 9.26.